The minimum atomic E-state index is -1.38. The molecule has 55 heavy (non-hydrogen) atoms. The van der Waals surface area contributed by atoms with Crippen molar-refractivity contribution in [3.63, 3.8) is 0 Å². The zero-order valence-corrected chi connectivity index (χ0v) is 35.9. The number of imidazole rings is 1. The van der Waals surface area contributed by atoms with Crippen LogP contribution in [0, 0.1) is 24.5 Å². The van der Waals surface area contributed by atoms with E-state index >= 15 is 0 Å². The second kappa shape index (κ2) is 15.2. The van der Waals surface area contributed by atoms with Gasteiger partial charge in [-0.2, -0.15) is 0 Å². The van der Waals surface area contributed by atoms with Gasteiger partial charge in [-0.05, 0) is 52.4 Å². The van der Waals surface area contributed by atoms with Crippen LogP contribution in [-0.4, -0.2) is 22.6 Å². The van der Waals surface area contributed by atoms with E-state index < -0.39 is 8.07 Å². The Labute approximate surface area is 338 Å². The van der Waals surface area contributed by atoms with Crippen LogP contribution in [-0.2, 0) is 26.5 Å². The van der Waals surface area contributed by atoms with E-state index in [1.54, 1.807) is 0 Å². The van der Waals surface area contributed by atoms with Gasteiger partial charge in [0.05, 0.1) is 30.5 Å². The summed E-state index contributed by atoms with van der Waals surface area (Å²) in [6.07, 6.45) is 3.21. The molecule has 0 atom stereocenters. The van der Waals surface area contributed by atoms with Crippen LogP contribution in [0.5, 0.6) is 0 Å². The standard InChI is InChI=1S/C29H17N2O.C20H28NSi.Ir/c1-2-11-20-19(9-1)10-7-17-25(20)31-26-16-5-4-15-24(26)30-29(31)23-14-8-13-22-21-12-3-6-18-27(21)32-28(22)23;1-15-8-10-16(11-9-15)18-12-17(13-20(2,3)4)19(14-21-18)22(5,6)7;/h1-13,15-18H;8-10,12,14H,13H2,1-7H3;/q2*-1;. The first kappa shape index (κ1) is 38.2. The summed E-state index contributed by atoms with van der Waals surface area (Å²) in [6.45, 7) is 16.2. The number of para-hydroxylation sites is 3. The fourth-order valence-electron chi connectivity index (χ4n) is 7.40. The van der Waals surface area contributed by atoms with Crippen molar-refractivity contribution in [3.8, 4) is 28.3 Å². The molecule has 6 aromatic carbocycles. The van der Waals surface area contributed by atoms with E-state index in [2.05, 4.69) is 161 Å². The van der Waals surface area contributed by atoms with Gasteiger partial charge in [-0.25, -0.2) is 0 Å². The zero-order valence-electron chi connectivity index (χ0n) is 32.5. The number of nitrogens with zero attached hydrogens (tertiary/aromatic N) is 3. The molecule has 0 bridgehead atoms. The SMILES string of the molecule is Cc1c[c-]c(-c2cc(CC(C)(C)C)c([Si](C)(C)C)cn2)cc1.[Ir].[c-]1ccc2c(oc3ccccc32)c1-c1nc2ccccc2n1-c1cccc2ccccc12. The molecule has 0 saturated carbocycles. The fraction of sp³-hybridized carbons (Fsp3) is 0.184. The van der Waals surface area contributed by atoms with E-state index in [9.17, 15) is 0 Å². The topological polar surface area (TPSA) is 43.9 Å². The number of pyridine rings is 1. The van der Waals surface area contributed by atoms with Crippen LogP contribution in [0.3, 0.4) is 0 Å². The Bertz CT molecular complexity index is 2780. The van der Waals surface area contributed by atoms with Crippen molar-refractivity contribution >= 4 is 57.0 Å². The third-order valence-electron chi connectivity index (χ3n) is 9.89. The summed E-state index contributed by atoms with van der Waals surface area (Å²) in [7, 11) is -1.38. The van der Waals surface area contributed by atoms with Crippen molar-refractivity contribution in [1.29, 1.82) is 0 Å². The van der Waals surface area contributed by atoms with Gasteiger partial charge in [-0.3, -0.25) is 4.98 Å². The number of rotatable bonds is 5. The van der Waals surface area contributed by atoms with E-state index in [-0.39, 0.29) is 25.5 Å². The van der Waals surface area contributed by atoms with E-state index in [0.29, 0.717) is 0 Å². The first-order valence-corrected chi connectivity index (χ1v) is 22.2. The van der Waals surface area contributed by atoms with E-state index in [1.807, 2.05) is 36.4 Å². The number of furan rings is 1. The van der Waals surface area contributed by atoms with Crippen LogP contribution < -0.4 is 5.19 Å². The molecule has 3 aromatic heterocycles. The van der Waals surface area contributed by atoms with Crippen molar-refractivity contribution < 1.29 is 24.5 Å². The molecule has 9 aromatic rings. The third kappa shape index (κ3) is 7.73. The predicted octanol–water partition coefficient (Wildman–Crippen LogP) is 12.5. The van der Waals surface area contributed by atoms with Crippen LogP contribution in [0.25, 0.3) is 72.1 Å². The Morgan fingerprint density at radius 3 is 2.25 bits per heavy atom. The molecular formula is C49H45IrN3OSi-2. The first-order chi connectivity index (χ1) is 25.9. The molecule has 277 valence electrons. The van der Waals surface area contributed by atoms with Crippen molar-refractivity contribution in [2.24, 2.45) is 5.41 Å². The van der Waals surface area contributed by atoms with Gasteiger partial charge in [0, 0.05) is 42.8 Å². The predicted molar refractivity (Wildman–Crippen MR) is 230 cm³/mol. The summed E-state index contributed by atoms with van der Waals surface area (Å²) >= 11 is 0. The number of aryl methyl sites for hydroxylation is 1. The Morgan fingerprint density at radius 1 is 0.764 bits per heavy atom. The van der Waals surface area contributed by atoms with Crippen molar-refractivity contribution in [2.45, 2.75) is 53.8 Å². The second-order valence-electron chi connectivity index (χ2n) is 16.4. The van der Waals surface area contributed by atoms with Gasteiger partial charge >= 0.3 is 0 Å². The van der Waals surface area contributed by atoms with Crippen molar-refractivity contribution in [2.75, 3.05) is 0 Å². The molecule has 4 nitrogen and oxygen atoms in total. The normalized spacial score (nSPS) is 11.8. The Balaban J connectivity index is 0.000000179. The maximum atomic E-state index is 6.33. The van der Waals surface area contributed by atoms with Gasteiger partial charge in [0.2, 0.25) is 0 Å². The summed E-state index contributed by atoms with van der Waals surface area (Å²) in [6, 6.07) is 50.6. The molecule has 0 aliphatic carbocycles. The number of hydrogen-bond acceptors (Lipinski definition) is 3. The monoisotopic (exact) mass is 912 g/mol. The van der Waals surface area contributed by atoms with E-state index in [1.165, 1.54) is 27.1 Å². The molecule has 0 N–H and O–H groups in total. The fourth-order valence-corrected chi connectivity index (χ4v) is 8.97. The van der Waals surface area contributed by atoms with E-state index in [4.69, 9.17) is 14.4 Å². The molecule has 0 fully saturated rings. The zero-order chi connectivity index (χ0) is 37.6. The van der Waals surface area contributed by atoms with Gasteiger partial charge in [0.25, 0.3) is 0 Å². The Morgan fingerprint density at radius 2 is 1.49 bits per heavy atom. The molecule has 0 unspecified atom stereocenters. The van der Waals surface area contributed by atoms with Crippen molar-refractivity contribution in [1.82, 2.24) is 14.5 Å². The molecular weight excluding hydrogens is 867 g/mol. The number of aromatic nitrogens is 3. The number of fused-ring (bicyclic) bond motifs is 5. The molecule has 0 aliphatic heterocycles. The van der Waals surface area contributed by atoms with Crippen LogP contribution in [0.15, 0.2) is 138 Å². The average molecular weight is 912 g/mol. The molecule has 0 spiro atoms. The second-order valence-corrected chi connectivity index (χ2v) is 21.5. The van der Waals surface area contributed by atoms with Crippen LogP contribution in [0.4, 0.5) is 0 Å². The minimum Gasteiger partial charge on any atom is -0.501 e. The molecule has 0 aliphatic rings. The van der Waals surface area contributed by atoms with Crippen LogP contribution in [0.1, 0.15) is 31.9 Å². The molecule has 0 amide bonds. The number of hydrogen-bond donors (Lipinski definition) is 0. The van der Waals surface area contributed by atoms with Gasteiger partial charge in [0.1, 0.15) is 5.58 Å². The average Bonchev–Trinajstić information content (AvgIpc) is 3.73. The minimum absolute atomic E-state index is 0. The maximum Gasteiger partial charge on any atom is 0.120 e. The van der Waals surface area contributed by atoms with E-state index in [0.717, 1.165) is 67.7 Å². The van der Waals surface area contributed by atoms with Gasteiger partial charge in [0.15, 0.2) is 0 Å². The van der Waals surface area contributed by atoms with Gasteiger partial charge < -0.3 is 14.0 Å². The largest absolute Gasteiger partial charge is 0.501 e. The maximum absolute atomic E-state index is 6.33. The van der Waals surface area contributed by atoms with Crippen molar-refractivity contribution in [3.05, 3.63) is 157 Å². The number of benzene rings is 6. The van der Waals surface area contributed by atoms with Gasteiger partial charge in [-0.1, -0.05) is 137 Å². The van der Waals surface area contributed by atoms with Crippen LogP contribution in [0.2, 0.25) is 19.6 Å². The Hall–Kier alpha value is -5.13. The third-order valence-corrected chi connectivity index (χ3v) is 12.0. The summed E-state index contributed by atoms with van der Waals surface area (Å²) in [4.78, 5) is 9.80. The molecule has 0 saturated heterocycles. The summed E-state index contributed by atoms with van der Waals surface area (Å²) < 4.78 is 8.56. The molecule has 3 heterocycles. The summed E-state index contributed by atoms with van der Waals surface area (Å²) in [5.74, 6) is 0.826. The first-order valence-electron chi connectivity index (χ1n) is 18.7. The molecule has 1 radical (unpaired) electrons. The van der Waals surface area contributed by atoms with Gasteiger partial charge in [-0.15, -0.1) is 53.6 Å². The summed E-state index contributed by atoms with van der Waals surface area (Å²) in [5.41, 5.74) is 10.7. The smallest absolute Gasteiger partial charge is 0.120 e. The molecule has 6 heteroatoms. The summed E-state index contributed by atoms with van der Waals surface area (Å²) in [5, 5.41) is 6.03. The quantitative estimate of drug-likeness (QED) is 0.128. The molecule has 9 rings (SSSR count). The Kier molecular flexibility index (Phi) is 10.5. The van der Waals surface area contributed by atoms with Crippen LogP contribution >= 0.6 is 0 Å².